The lowest BCUT2D eigenvalue weighted by molar-refractivity contribution is 0.583. The van der Waals surface area contributed by atoms with E-state index in [2.05, 4.69) is 41.4 Å². The molecule has 2 heterocycles. The lowest BCUT2D eigenvalue weighted by Crippen LogP contribution is -2.11. The predicted octanol–water partition coefficient (Wildman–Crippen LogP) is 4.10. The van der Waals surface area contributed by atoms with Gasteiger partial charge in [-0.15, -0.1) is 11.3 Å². The first kappa shape index (κ1) is 13.3. The molecule has 2 aromatic rings. The van der Waals surface area contributed by atoms with Gasteiger partial charge in [0, 0.05) is 17.0 Å². The van der Waals surface area contributed by atoms with Crippen LogP contribution in [0.5, 0.6) is 0 Å². The summed E-state index contributed by atoms with van der Waals surface area (Å²) in [4.78, 5) is 8.66. The molecular weight excluding hydrogens is 266 g/mol. The highest BCUT2D eigenvalue weighted by molar-refractivity contribution is 7.09. The van der Waals surface area contributed by atoms with E-state index in [0.717, 1.165) is 16.4 Å². The number of thiazole rings is 1. The largest absolute Gasteiger partial charge is 0.377 e. The minimum Gasteiger partial charge on any atom is -0.377 e. The van der Waals surface area contributed by atoms with Gasteiger partial charge >= 0.3 is 0 Å². The number of halogens is 1. The highest BCUT2D eigenvalue weighted by atomic mass is 35.5. The maximum absolute atomic E-state index is 6.05. The van der Waals surface area contributed by atoms with Gasteiger partial charge in [0.15, 0.2) is 0 Å². The van der Waals surface area contributed by atoms with Gasteiger partial charge in [0.25, 0.3) is 0 Å². The second kappa shape index (κ2) is 5.24. The van der Waals surface area contributed by atoms with Crippen molar-refractivity contribution in [2.45, 2.75) is 32.7 Å². The van der Waals surface area contributed by atoms with Crippen LogP contribution in [-0.4, -0.2) is 9.97 Å². The standard InChI is InChI=1S/C13H16ClN3S/c1-13(2,3)12-17-9(8-18-12)6-16-11-7-15-5-4-10(11)14/h4-5,7-8,16H,6H2,1-3H3. The normalized spacial score (nSPS) is 11.6. The van der Waals surface area contributed by atoms with E-state index in [0.29, 0.717) is 11.6 Å². The van der Waals surface area contributed by atoms with Gasteiger partial charge in [0.2, 0.25) is 0 Å². The van der Waals surface area contributed by atoms with Gasteiger partial charge in [0.1, 0.15) is 0 Å². The third-order valence-electron chi connectivity index (χ3n) is 2.42. The van der Waals surface area contributed by atoms with Gasteiger partial charge < -0.3 is 5.32 Å². The Kier molecular flexibility index (Phi) is 3.88. The summed E-state index contributed by atoms with van der Waals surface area (Å²) in [5.74, 6) is 0. The van der Waals surface area contributed by atoms with E-state index < -0.39 is 0 Å². The highest BCUT2D eigenvalue weighted by Gasteiger charge is 2.17. The first-order valence-corrected chi connectivity index (χ1v) is 7.01. The van der Waals surface area contributed by atoms with Crippen LogP contribution in [0.25, 0.3) is 0 Å². The van der Waals surface area contributed by atoms with Gasteiger partial charge in [0.05, 0.1) is 34.2 Å². The minimum absolute atomic E-state index is 0.106. The van der Waals surface area contributed by atoms with Gasteiger partial charge in [-0.1, -0.05) is 32.4 Å². The summed E-state index contributed by atoms with van der Waals surface area (Å²) in [5, 5.41) is 7.15. The van der Waals surface area contributed by atoms with Crippen LogP contribution in [0, 0.1) is 0 Å². The quantitative estimate of drug-likeness (QED) is 0.920. The van der Waals surface area contributed by atoms with Crippen molar-refractivity contribution < 1.29 is 0 Å². The van der Waals surface area contributed by atoms with Crippen molar-refractivity contribution in [2.24, 2.45) is 0 Å². The fraction of sp³-hybridized carbons (Fsp3) is 0.385. The molecule has 1 N–H and O–H groups in total. The second-order valence-electron chi connectivity index (χ2n) is 5.10. The summed E-state index contributed by atoms with van der Waals surface area (Å²) in [7, 11) is 0. The molecule has 0 saturated carbocycles. The van der Waals surface area contributed by atoms with Gasteiger partial charge in [-0.25, -0.2) is 4.98 Å². The average molecular weight is 282 g/mol. The molecule has 0 radical (unpaired) electrons. The Hall–Kier alpha value is -1.13. The molecule has 0 atom stereocenters. The molecule has 0 aromatic carbocycles. The highest BCUT2D eigenvalue weighted by Crippen LogP contribution is 2.26. The molecule has 5 heteroatoms. The molecule has 0 aliphatic heterocycles. The van der Waals surface area contributed by atoms with Gasteiger partial charge in [-0.3, -0.25) is 4.98 Å². The number of anilines is 1. The third kappa shape index (κ3) is 3.21. The number of hydrogen-bond donors (Lipinski definition) is 1. The van der Waals surface area contributed by atoms with Crippen molar-refractivity contribution in [3.05, 3.63) is 39.6 Å². The van der Waals surface area contributed by atoms with Crippen LogP contribution in [-0.2, 0) is 12.0 Å². The molecule has 0 fully saturated rings. The van der Waals surface area contributed by atoms with E-state index in [1.165, 1.54) is 0 Å². The molecule has 2 rings (SSSR count). The number of rotatable bonds is 3. The lowest BCUT2D eigenvalue weighted by atomic mass is 9.98. The van der Waals surface area contributed by atoms with Crippen molar-refractivity contribution in [2.75, 3.05) is 5.32 Å². The van der Waals surface area contributed by atoms with Gasteiger partial charge in [-0.05, 0) is 6.07 Å². The second-order valence-corrected chi connectivity index (χ2v) is 6.37. The summed E-state index contributed by atoms with van der Waals surface area (Å²) in [6.45, 7) is 7.17. The minimum atomic E-state index is 0.106. The van der Waals surface area contributed by atoms with E-state index in [-0.39, 0.29) is 5.41 Å². The third-order valence-corrected chi connectivity index (χ3v) is 4.07. The summed E-state index contributed by atoms with van der Waals surface area (Å²) in [5.41, 5.74) is 1.98. The summed E-state index contributed by atoms with van der Waals surface area (Å²) < 4.78 is 0. The first-order chi connectivity index (χ1) is 8.47. The Labute approximate surface area is 116 Å². The van der Waals surface area contributed by atoms with Crippen LogP contribution in [0.4, 0.5) is 5.69 Å². The molecule has 0 bridgehead atoms. The number of hydrogen-bond acceptors (Lipinski definition) is 4. The first-order valence-electron chi connectivity index (χ1n) is 5.75. The van der Waals surface area contributed by atoms with Crippen LogP contribution in [0.15, 0.2) is 23.8 Å². The molecule has 18 heavy (non-hydrogen) atoms. The maximum Gasteiger partial charge on any atom is 0.0982 e. The zero-order valence-electron chi connectivity index (χ0n) is 10.7. The van der Waals surface area contributed by atoms with E-state index in [1.807, 2.05) is 0 Å². The topological polar surface area (TPSA) is 37.8 Å². The van der Waals surface area contributed by atoms with Crippen LogP contribution in [0.1, 0.15) is 31.5 Å². The molecule has 3 nitrogen and oxygen atoms in total. The Morgan fingerprint density at radius 2 is 2.17 bits per heavy atom. The van der Waals surface area contributed by atoms with E-state index in [4.69, 9.17) is 11.6 Å². The van der Waals surface area contributed by atoms with Crippen LogP contribution in [0.3, 0.4) is 0 Å². The van der Waals surface area contributed by atoms with Crippen molar-refractivity contribution in [1.82, 2.24) is 9.97 Å². The predicted molar refractivity (Wildman–Crippen MR) is 77.4 cm³/mol. The molecule has 0 aliphatic carbocycles. The fourth-order valence-corrected chi connectivity index (χ4v) is 2.51. The Bertz CT molecular complexity index is 531. The molecule has 0 aliphatic rings. The van der Waals surface area contributed by atoms with Crippen LogP contribution >= 0.6 is 22.9 Å². The monoisotopic (exact) mass is 281 g/mol. The van der Waals surface area contributed by atoms with Crippen molar-refractivity contribution in [3.63, 3.8) is 0 Å². The summed E-state index contributed by atoms with van der Waals surface area (Å²) >= 11 is 7.74. The molecule has 0 amide bonds. The summed E-state index contributed by atoms with van der Waals surface area (Å²) in [6, 6.07) is 1.77. The zero-order valence-corrected chi connectivity index (χ0v) is 12.3. The number of pyridine rings is 1. The van der Waals surface area contributed by atoms with Crippen LogP contribution in [0.2, 0.25) is 5.02 Å². The van der Waals surface area contributed by atoms with Crippen molar-refractivity contribution >= 4 is 28.6 Å². The molecule has 2 aromatic heterocycles. The number of nitrogens with one attached hydrogen (secondary N) is 1. The summed E-state index contributed by atoms with van der Waals surface area (Å²) in [6.07, 6.45) is 3.40. The van der Waals surface area contributed by atoms with Gasteiger partial charge in [-0.2, -0.15) is 0 Å². The smallest absolute Gasteiger partial charge is 0.0982 e. The number of nitrogens with zero attached hydrogens (tertiary/aromatic N) is 2. The Morgan fingerprint density at radius 1 is 1.39 bits per heavy atom. The molecule has 0 unspecified atom stereocenters. The maximum atomic E-state index is 6.05. The fourth-order valence-electron chi connectivity index (χ4n) is 1.43. The average Bonchev–Trinajstić information content (AvgIpc) is 2.76. The molecule has 96 valence electrons. The van der Waals surface area contributed by atoms with E-state index in [9.17, 15) is 0 Å². The molecule has 0 saturated heterocycles. The molecule has 0 spiro atoms. The Morgan fingerprint density at radius 3 is 2.78 bits per heavy atom. The van der Waals surface area contributed by atoms with E-state index in [1.54, 1.807) is 29.8 Å². The van der Waals surface area contributed by atoms with Crippen molar-refractivity contribution in [1.29, 1.82) is 0 Å². The van der Waals surface area contributed by atoms with E-state index >= 15 is 0 Å². The SMILES string of the molecule is CC(C)(C)c1nc(CNc2cnccc2Cl)cs1. The number of aromatic nitrogens is 2. The molecular formula is C13H16ClN3S. The lowest BCUT2D eigenvalue weighted by Gasteiger charge is -2.13. The zero-order chi connectivity index (χ0) is 13.2. The Balaban J connectivity index is 2.03. The van der Waals surface area contributed by atoms with Crippen LogP contribution < -0.4 is 5.32 Å². The van der Waals surface area contributed by atoms with Crippen molar-refractivity contribution in [3.8, 4) is 0 Å².